The van der Waals surface area contributed by atoms with Gasteiger partial charge >= 0.3 is 6.03 Å². The fraction of sp³-hybridized carbons (Fsp3) is 0.405. The summed E-state index contributed by atoms with van der Waals surface area (Å²) in [4.78, 5) is 15.8. The van der Waals surface area contributed by atoms with E-state index >= 15 is 0 Å². The van der Waals surface area contributed by atoms with Gasteiger partial charge in [-0.2, -0.15) is 0 Å². The molecular formula is C37H48N8O3. The Labute approximate surface area is 282 Å². The number of rotatable bonds is 9. The van der Waals surface area contributed by atoms with Gasteiger partial charge in [-0.15, -0.1) is 0 Å². The molecule has 48 heavy (non-hydrogen) atoms. The molecule has 1 aliphatic carbocycles. The van der Waals surface area contributed by atoms with E-state index in [1.54, 1.807) is 29.0 Å². The highest BCUT2D eigenvalue weighted by Gasteiger charge is 2.30. The lowest BCUT2D eigenvalue weighted by molar-refractivity contribution is 0.122. The van der Waals surface area contributed by atoms with Crippen molar-refractivity contribution in [3.05, 3.63) is 95.4 Å². The molecule has 2 aromatic carbocycles. The molecule has 11 nitrogen and oxygen atoms in total. The second-order valence-corrected chi connectivity index (χ2v) is 13.6. The Kier molecular flexibility index (Phi) is 10.7. The van der Waals surface area contributed by atoms with Crippen LogP contribution in [0.1, 0.15) is 70.7 Å². The molecule has 254 valence electrons. The molecule has 2 aliphatic rings. The van der Waals surface area contributed by atoms with Crippen molar-refractivity contribution in [3.8, 4) is 5.75 Å². The van der Waals surface area contributed by atoms with Crippen LogP contribution in [0.15, 0.2) is 78.8 Å². The average Bonchev–Trinajstić information content (AvgIpc) is 3.06. The fourth-order valence-electron chi connectivity index (χ4n) is 5.75. The van der Waals surface area contributed by atoms with Crippen molar-refractivity contribution in [1.82, 2.24) is 15.2 Å². The first kappa shape index (κ1) is 34.4. The fourth-order valence-corrected chi connectivity index (χ4v) is 5.75. The number of allylic oxidation sites excluding steroid dienone is 1. The highest BCUT2D eigenvalue weighted by Crippen LogP contribution is 2.38. The molecule has 1 aromatic heterocycles. The smallest absolute Gasteiger partial charge is 0.320 e. The van der Waals surface area contributed by atoms with Crippen molar-refractivity contribution < 1.29 is 14.3 Å². The molecule has 2 amide bonds. The minimum absolute atomic E-state index is 0.0346. The first-order valence-corrected chi connectivity index (χ1v) is 16.6. The first-order valence-electron chi connectivity index (χ1n) is 16.6. The summed E-state index contributed by atoms with van der Waals surface area (Å²) < 4.78 is 13.5. The Morgan fingerprint density at radius 1 is 1.00 bits per heavy atom. The molecule has 2 heterocycles. The van der Waals surface area contributed by atoms with Crippen molar-refractivity contribution in [3.63, 3.8) is 0 Å². The monoisotopic (exact) mass is 652 g/mol. The summed E-state index contributed by atoms with van der Waals surface area (Å²) in [6.07, 6.45) is 4.45. The van der Waals surface area contributed by atoms with Gasteiger partial charge in [0.2, 0.25) is 0 Å². The van der Waals surface area contributed by atoms with E-state index in [-0.39, 0.29) is 29.6 Å². The second-order valence-electron chi connectivity index (χ2n) is 13.6. The number of pyridine rings is 1. The summed E-state index contributed by atoms with van der Waals surface area (Å²) in [5.41, 5.74) is 4.02. The van der Waals surface area contributed by atoms with Gasteiger partial charge in [-0.3, -0.25) is 20.7 Å². The van der Waals surface area contributed by atoms with E-state index in [9.17, 15) is 4.79 Å². The van der Waals surface area contributed by atoms with Crippen LogP contribution in [0.4, 0.5) is 16.2 Å². The van der Waals surface area contributed by atoms with Gasteiger partial charge in [-0.05, 0) is 54.3 Å². The number of fused-ring (bicyclic) bond motifs is 1. The van der Waals surface area contributed by atoms with E-state index in [2.05, 4.69) is 26.9 Å². The normalized spacial score (nSPS) is 18.1. The summed E-state index contributed by atoms with van der Waals surface area (Å²) >= 11 is 0. The van der Waals surface area contributed by atoms with Gasteiger partial charge in [0, 0.05) is 47.6 Å². The number of morpholine rings is 1. The molecule has 0 bridgehead atoms. The molecule has 2 atom stereocenters. The lowest BCUT2D eigenvalue weighted by Crippen LogP contribution is -2.41. The average molecular weight is 653 g/mol. The molecular weight excluding hydrogens is 604 g/mol. The van der Waals surface area contributed by atoms with Gasteiger partial charge in [-0.1, -0.05) is 65.0 Å². The maximum absolute atomic E-state index is 13.6. The number of hydrogen-bond acceptors (Lipinski definition) is 8. The number of hydrogen-bond donors (Lipinski definition) is 6. The van der Waals surface area contributed by atoms with Gasteiger partial charge in [0.25, 0.3) is 0 Å². The summed E-state index contributed by atoms with van der Waals surface area (Å²) in [7, 11) is 0. The number of nitrogens with one attached hydrogen (secondary N) is 6. The lowest BCUT2D eigenvalue weighted by atomic mass is 9.85. The van der Waals surface area contributed by atoms with Gasteiger partial charge in [0.15, 0.2) is 0 Å². The topological polar surface area (TPSA) is 151 Å². The van der Waals surface area contributed by atoms with E-state index in [0.29, 0.717) is 49.2 Å². The van der Waals surface area contributed by atoms with Crippen LogP contribution in [0.5, 0.6) is 5.75 Å². The molecule has 6 N–H and O–H groups in total. The molecule has 0 spiro atoms. The van der Waals surface area contributed by atoms with E-state index in [1.807, 2.05) is 77.1 Å². The Bertz CT molecular complexity index is 1730. The Morgan fingerprint density at radius 2 is 1.73 bits per heavy atom. The van der Waals surface area contributed by atoms with Crippen LogP contribution in [0.25, 0.3) is 0 Å². The van der Waals surface area contributed by atoms with Gasteiger partial charge in [0.05, 0.1) is 25.5 Å². The highest BCUT2D eigenvalue weighted by molar-refractivity contribution is 5.98. The zero-order valence-corrected chi connectivity index (χ0v) is 28.5. The van der Waals surface area contributed by atoms with Crippen LogP contribution in [-0.2, 0) is 4.74 Å². The van der Waals surface area contributed by atoms with Crippen LogP contribution in [0.3, 0.4) is 0 Å². The molecule has 0 saturated carbocycles. The van der Waals surface area contributed by atoms with E-state index in [4.69, 9.17) is 25.7 Å². The third-order valence-corrected chi connectivity index (χ3v) is 8.59. The van der Waals surface area contributed by atoms with E-state index < -0.39 is 5.41 Å². The van der Waals surface area contributed by atoms with E-state index in [0.717, 1.165) is 35.6 Å². The quantitative estimate of drug-likeness (QED) is 0.114. The maximum atomic E-state index is 13.6. The number of carbonyl (C=O) groups is 1. The summed E-state index contributed by atoms with van der Waals surface area (Å²) in [5, 5.41) is 34.8. The number of aromatic nitrogens is 1. The number of carbonyl (C=O) groups excluding carboxylic acids is 1. The molecule has 1 saturated heterocycles. The number of anilines is 2. The van der Waals surface area contributed by atoms with Crippen molar-refractivity contribution in [2.75, 3.05) is 36.5 Å². The summed E-state index contributed by atoms with van der Waals surface area (Å²) in [6.45, 7) is 12.8. The summed E-state index contributed by atoms with van der Waals surface area (Å²) in [5.74, 6) is 1.29. The summed E-state index contributed by atoms with van der Waals surface area (Å²) in [6, 6.07) is 18.8. The molecule has 3 aromatic rings. The van der Waals surface area contributed by atoms with Crippen LogP contribution < -0.4 is 31.1 Å². The maximum Gasteiger partial charge on any atom is 0.320 e. The van der Waals surface area contributed by atoms with Crippen molar-refractivity contribution >= 4 is 29.0 Å². The Hall–Kier alpha value is -4.90. The molecule has 0 unspecified atom stereocenters. The predicted molar refractivity (Wildman–Crippen MR) is 190 cm³/mol. The van der Waals surface area contributed by atoms with Crippen molar-refractivity contribution in [1.29, 1.82) is 16.2 Å². The number of ether oxygens (including phenoxy) is 2. The highest BCUT2D eigenvalue weighted by atomic mass is 16.5. The Morgan fingerprint density at radius 3 is 2.44 bits per heavy atom. The SMILES string of the molecule is CC(C)C(=N)n1cc(O[C@@H]2CC[C@H](NC(=O)N/C(=C/C(=N)C(C)(C)C)Nc3cccc(N4CCOCC4)c3)c3ccccc32)ccc1=N. The molecule has 1 fully saturated rings. The number of nitrogens with zero attached hydrogens (tertiary/aromatic N) is 2. The molecule has 5 rings (SSSR count). The third kappa shape index (κ3) is 8.51. The van der Waals surface area contributed by atoms with Crippen LogP contribution in [0, 0.1) is 27.6 Å². The van der Waals surface area contributed by atoms with Crippen LogP contribution >= 0.6 is 0 Å². The second kappa shape index (κ2) is 14.9. The number of urea groups is 1. The lowest BCUT2D eigenvalue weighted by Gasteiger charge is -2.32. The number of benzene rings is 2. The standard InChI is InChI=1S/C37H48N8O3/c1-24(2)35(40)45-23-27(13-16-33(45)39)48-31-15-14-30(28-11-6-7-12-29(28)31)42-36(46)43-34(22-32(38)37(3,4)5)41-25-9-8-10-26(21-25)44-17-19-47-20-18-44/h6-13,16,21-24,30-31,38-41H,14-15,17-20H2,1-5H3,(H2,42,43,46)/b34-22+,38-32?,39-33?,40-35?/t30-,31+/m0/s1. The van der Waals surface area contributed by atoms with Gasteiger partial charge in [-0.25, -0.2) is 4.79 Å². The van der Waals surface area contributed by atoms with Crippen LogP contribution in [0.2, 0.25) is 0 Å². The molecule has 0 radical (unpaired) electrons. The van der Waals surface area contributed by atoms with Gasteiger partial charge in [0.1, 0.15) is 29.0 Å². The van der Waals surface area contributed by atoms with Crippen molar-refractivity contribution in [2.45, 2.75) is 59.6 Å². The zero-order chi connectivity index (χ0) is 34.4. The van der Waals surface area contributed by atoms with E-state index in [1.165, 1.54) is 0 Å². The zero-order valence-electron chi connectivity index (χ0n) is 28.5. The predicted octanol–water partition coefficient (Wildman–Crippen LogP) is 6.56. The minimum atomic E-state index is -0.409. The number of amides is 2. The Balaban J connectivity index is 1.31. The molecule has 11 heteroatoms. The van der Waals surface area contributed by atoms with Gasteiger partial charge < -0.3 is 30.4 Å². The minimum Gasteiger partial charge on any atom is -0.484 e. The third-order valence-electron chi connectivity index (χ3n) is 8.59. The largest absolute Gasteiger partial charge is 0.484 e. The van der Waals surface area contributed by atoms with Crippen LogP contribution in [-0.4, -0.2) is 48.4 Å². The first-order chi connectivity index (χ1) is 22.9. The van der Waals surface area contributed by atoms with Crippen molar-refractivity contribution in [2.24, 2.45) is 11.3 Å². The molecule has 1 aliphatic heterocycles.